The fourth-order valence-electron chi connectivity index (χ4n) is 4.94. The van der Waals surface area contributed by atoms with Crippen LogP contribution >= 0.6 is 0 Å². The molecule has 1 aliphatic carbocycles. The van der Waals surface area contributed by atoms with Crippen molar-refractivity contribution in [3.05, 3.63) is 76.1 Å². The van der Waals surface area contributed by atoms with Crippen molar-refractivity contribution in [1.29, 1.82) is 0 Å². The summed E-state index contributed by atoms with van der Waals surface area (Å²) in [5.74, 6) is -0.981. The maximum Gasteiger partial charge on any atom is 0.331 e. The number of aliphatic hydroxyl groups is 1. The number of carboxylic acid groups (broad SMARTS) is 1. The second-order valence-electron chi connectivity index (χ2n) is 10.2. The van der Waals surface area contributed by atoms with E-state index in [0.29, 0.717) is 18.0 Å². The molecular weight excluding hydrogens is 445 g/mol. The Labute approximate surface area is 208 Å². The van der Waals surface area contributed by atoms with E-state index in [1.54, 1.807) is 26.0 Å². The van der Waals surface area contributed by atoms with E-state index in [9.17, 15) is 19.4 Å². The minimum absolute atomic E-state index is 0.0817. The molecule has 0 unspecified atom stereocenters. The molecule has 2 atom stereocenters. The number of nitrogens with one attached hydrogen (secondary N) is 1. The Morgan fingerprint density at radius 2 is 1.86 bits per heavy atom. The first-order valence-corrected chi connectivity index (χ1v) is 12.4. The van der Waals surface area contributed by atoms with E-state index in [2.05, 4.69) is 43.4 Å². The number of carboxylic acids is 1. The van der Waals surface area contributed by atoms with Crippen molar-refractivity contribution in [2.24, 2.45) is 5.92 Å². The third-order valence-corrected chi connectivity index (χ3v) is 6.79. The number of hydrogen-bond donors (Lipinski definition) is 3. The highest BCUT2D eigenvalue weighted by atomic mass is 19.1. The molecule has 0 aliphatic heterocycles. The molecule has 2 aromatic carbocycles. The largest absolute Gasteiger partial charge is 0.478 e. The molecular formula is C29H38FNO4. The van der Waals surface area contributed by atoms with Gasteiger partial charge in [0.25, 0.3) is 0 Å². The van der Waals surface area contributed by atoms with Gasteiger partial charge in [0, 0.05) is 23.2 Å². The summed E-state index contributed by atoms with van der Waals surface area (Å²) in [4.78, 5) is 11.4. The molecule has 6 heteroatoms. The lowest BCUT2D eigenvalue weighted by atomic mass is 9.88. The monoisotopic (exact) mass is 483 g/mol. The summed E-state index contributed by atoms with van der Waals surface area (Å²) in [5, 5.41) is 23.3. The van der Waals surface area contributed by atoms with Gasteiger partial charge in [-0.1, -0.05) is 43.3 Å². The first kappa shape index (κ1) is 27.1. The van der Waals surface area contributed by atoms with Gasteiger partial charge in [-0.25, -0.2) is 9.18 Å². The van der Waals surface area contributed by atoms with Crippen LogP contribution in [0.2, 0.25) is 0 Å². The van der Waals surface area contributed by atoms with Crippen LogP contribution in [0.25, 0.3) is 6.08 Å². The van der Waals surface area contributed by atoms with E-state index in [4.69, 9.17) is 4.74 Å². The third kappa shape index (κ3) is 7.47. The minimum atomic E-state index is -1.07. The highest BCUT2D eigenvalue weighted by Gasteiger charge is 2.28. The molecule has 3 N–H and O–H groups in total. The number of aliphatic carboxylic acids is 1. The number of rotatable bonds is 12. The SMILES string of the molecule is CCC(=Cc1c(F)cccc1[C@@H](C)OC[C@H](O)CNC(C)(C)CC1Cc2ccccc2C1)C(=O)O. The molecule has 0 spiro atoms. The standard InChI is InChI=1S/C29H38FNO4/c1-5-21(28(33)34)15-26-25(11-8-12-27(26)30)19(2)35-18-24(32)17-31-29(3,4)16-20-13-22-9-6-7-10-23(22)14-20/h6-12,15,19-20,24,31-32H,5,13-14,16-18H2,1-4H3,(H,33,34)/t19-,24-/m1/s1. The van der Waals surface area contributed by atoms with E-state index in [0.717, 1.165) is 19.3 Å². The lowest BCUT2D eigenvalue weighted by molar-refractivity contribution is -0.132. The van der Waals surface area contributed by atoms with Gasteiger partial charge >= 0.3 is 5.97 Å². The first-order chi connectivity index (χ1) is 16.6. The number of fused-ring (bicyclic) bond motifs is 1. The molecule has 5 nitrogen and oxygen atoms in total. The lowest BCUT2D eigenvalue weighted by Crippen LogP contribution is -2.45. The van der Waals surface area contributed by atoms with Crippen LogP contribution in [0.1, 0.15) is 68.9 Å². The summed E-state index contributed by atoms with van der Waals surface area (Å²) in [5.41, 5.74) is 3.64. The van der Waals surface area contributed by atoms with Crippen LogP contribution in [-0.2, 0) is 22.4 Å². The molecule has 3 rings (SSSR count). The van der Waals surface area contributed by atoms with Gasteiger partial charge < -0.3 is 20.3 Å². The van der Waals surface area contributed by atoms with Gasteiger partial charge in [-0.05, 0) is 81.2 Å². The zero-order valence-electron chi connectivity index (χ0n) is 21.2. The van der Waals surface area contributed by atoms with Crippen molar-refractivity contribution < 1.29 is 24.1 Å². The minimum Gasteiger partial charge on any atom is -0.478 e. The summed E-state index contributed by atoms with van der Waals surface area (Å²) in [7, 11) is 0. The molecule has 0 saturated heterocycles. The van der Waals surface area contributed by atoms with Crippen molar-refractivity contribution in [3.8, 4) is 0 Å². The normalized spacial score (nSPS) is 16.2. The number of hydrogen-bond acceptors (Lipinski definition) is 4. The van der Waals surface area contributed by atoms with Crippen molar-refractivity contribution in [3.63, 3.8) is 0 Å². The average molecular weight is 484 g/mol. The molecule has 0 radical (unpaired) electrons. The molecule has 0 heterocycles. The van der Waals surface area contributed by atoms with E-state index >= 15 is 0 Å². The van der Waals surface area contributed by atoms with Crippen LogP contribution in [0.15, 0.2) is 48.0 Å². The predicted molar refractivity (Wildman–Crippen MR) is 137 cm³/mol. The van der Waals surface area contributed by atoms with Gasteiger partial charge in [0.2, 0.25) is 0 Å². The van der Waals surface area contributed by atoms with Crippen LogP contribution < -0.4 is 5.32 Å². The van der Waals surface area contributed by atoms with Crippen LogP contribution in [-0.4, -0.2) is 41.0 Å². The molecule has 0 amide bonds. The van der Waals surface area contributed by atoms with Gasteiger partial charge in [-0.3, -0.25) is 0 Å². The number of β-amino-alcohol motifs (C(OH)–C–C–N with tert-alkyl or cyclic N) is 1. The summed E-state index contributed by atoms with van der Waals surface area (Å²) < 4.78 is 20.4. The van der Waals surface area contributed by atoms with Crippen molar-refractivity contribution >= 4 is 12.0 Å². The van der Waals surface area contributed by atoms with Crippen LogP contribution in [0.4, 0.5) is 4.39 Å². The van der Waals surface area contributed by atoms with Gasteiger partial charge in [0.05, 0.1) is 18.8 Å². The van der Waals surface area contributed by atoms with Crippen molar-refractivity contribution in [2.45, 2.75) is 71.1 Å². The fourth-order valence-corrected chi connectivity index (χ4v) is 4.94. The maximum absolute atomic E-state index is 14.5. The van der Waals surface area contributed by atoms with Crippen molar-refractivity contribution in [2.75, 3.05) is 13.2 Å². The summed E-state index contributed by atoms with van der Waals surface area (Å²) in [6, 6.07) is 13.2. The average Bonchev–Trinajstić information content (AvgIpc) is 3.21. The van der Waals surface area contributed by atoms with Gasteiger partial charge in [-0.2, -0.15) is 0 Å². The van der Waals surface area contributed by atoms with Gasteiger partial charge in [0.1, 0.15) is 5.82 Å². The summed E-state index contributed by atoms with van der Waals surface area (Å²) >= 11 is 0. The Morgan fingerprint density at radius 1 is 1.20 bits per heavy atom. The Bertz CT molecular complexity index is 1020. The fraction of sp³-hybridized carbons (Fsp3) is 0.483. The molecule has 0 saturated carbocycles. The quantitative estimate of drug-likeness (QED) is 0.356. The Hall–Kier alpha value is -2.54. The van der Waals surface area contributed by atoms with E-state index in [1.165, 1.54) is 23.3 Å². The van der Waals surface area contributed by atoms with E-state index in [1.807, 2.05) is 0 Å². The number of ether oxygens (including phenoxy) is 1. The second kappa shape index (κ2) is 11.9. The van der Waals surface area contributed by atoms with Gasteiger partial charge in [0.15, 0.2) is 0 Å². The molecule has 1 aliphatic rings. The molecule has 0 bridgehead atoms. The number of benzene rings is 2. The van der Waals surface area contributed by atoms with Crippen molar-refractivity contribution in [1.82, 2.24) is 5.32 Å². The third-order valence-electron chi connectivity index (χ3n) is 6.79. The number of aliphatic hydroxyl groups excluding tert-OH is 1. The number of halogens is 1. The lowest BCUT2D eigenvalue weighted by Gasteiger charge is -2.31. The molecule has 2 aromatic rings. The molecule has 190 valence electrons. The van der Waals surface area contributed by atoms with Gasteiger partial charge in [-0.15, -0.1) is 0 Å². The number of carbonyl (C=O) groups is 1. The topological polar surface area (TPSA) is 78.8 Å². The zero-order chi connectivity index (χ0) is 25.6. The van der Waals surface area contributed by atoms with Crippen LogP contribution in [0, 0.1) is 11.7 Å². The molecule has 35 heavy (non-hydrogen) atoms. The summed E-state index contributed by atoms with van der Waals surface area (Å²) in [6.07, 6.45) is 3.61. The Balaban J connectivity index is 1.52. The second-order valence-corrected chi connectivity index (χ2v) is 10.2. The zero-order valence-corrected chi connectivity index (χ0v) is 21.2. The maximum atomic E-state index is 14.5. The smallest absolute Gasteiger partial charge is 0.331 e. The van der Waals surface area contributed by atoms with Crippen LogP contribution in [0.5, 0.6) is 0 Å². The summed E-state index contributed by atoms with van der Waals surface area (Å²) in [6.45, 7) is 8.28. The first-order valence-electron chi connectivity index (χ1n) is 12.4. The molecule has 0 aromatic heterocycles. The highest BCUT2D eigenvalue weighted by molar-refractivity contribution is 5.92. The van der Waals surface area contributed by atoms with Crippen LogP contribution in [0.3, 0.4) is 0 Å². The van der Waals surface area contributed by atoms with E-state index in [-0.39, 0.29) is 29.7 Å². The van der Waals surface area contributed by atoms with E-state index < -0.39 is 24.0 Å². The predicted octanol–water partition coefficient (Wildman–Crippen LogP) is 5.32. The Morgan fingerprint density at radius 3 is 2.46 bits per heavy atom. The molecule has 0 fully saturated rings. The highest BCUT2D eigenvalue weighted by Crippen LogP contribution is 2.32. The Kier molecular flexibility index (Phi) is 9.22.